The molecule has 0 spiro atoms. The van der Waals surface area contributed by atoms with Crippen LogP contribution in [0.4, 0.5) is 5.69 Å². The lowest BCUT2D eigenvalue weighted by Gasteiger charge is -2.13. The Morgan fingerprint density at radius 3 is 2.82 bits per heavy atom. The number of nitrogens with one attached hydrogen (secondary N) is 2. The molecule has 0 saturated carbocycles. The van der Waals surface area contributed by atoms with Gasteiger partial charge in [0.05, 0.1) is 24.4 Å². The van der Waals surface area contributed by atoms with Crippen LogP contribution in [0.15, 0.2) is 36.5 Å². The van der Waals surface area contributed by atoms with Crippen LogP contribution in [0.2, 0.25) is 0 Å². The standard InChI is InChI=1S/C17H17N3O2/c1-10-6-11(2)16(22-3)14(7-10)17(21)19-13-5-4-12-9-18-20-15(12)8-13/h4-9H,1-3H3,(H,18,20)(H,19,21). The Morgan fingerprint density at radius 2 is 2.05 bits per heavy atom. The van der Waals surface area contributed by atoms with Crippen molar-refractivity contribution in [1.82, 2.24) is 10.2 Å². The Bertz CT molecular complexity index is 852. The van der Waals surface area contributed by atoms with Gasteiger partial charge in [-0.2, -0.15) is 5.10 Å². The number of amides is 1. The first-order valence-electron chi connectivity index (χ1n) is 6.98. The molecule has 0 aliphatic heterocycles. The summed E-state index contributed by atoms with van der Waals surface area (Å²) >= 11 is 0. The molecule has 0 fully saturated rings. The maximum absolute atomic E-state index is 12.6. The lowest BCUT2D eigenvalue weighted by Crippen LogP contribution is -2.14. The van der Waals surface area contributed by atoms with Crippen LogP contribution in [-0.2, 0) is 0 Å². The fourth-order valence-electron chi connectivity index (χ4n) is 2.61. The summed E-state index contributed by atoms with van der Waals surface area (Å²) in [5.41, 5.74) is 4.09. The normalized spacial score (nSPS) is 10.7. The van der Waals surface area contributed by atoms with Gasteiger partial charge in [0.1, 0.15) is 5.75 Å². The third-order valence-corrected chi connectivity index (χ3v) is 3.57. The van der Waals surface area contributed by atoms with Crippen LogP contribution >= 0.6 is 0 Å². The van der Waals surface area contributed by atoms with Crippen molar-refractivity contribution >= 4 is 22.5 Å². The van der Waals surface area contributed by atoms with E-state index in [1.165, 1.54) is 0 Å². The second-order valence-electron chi connectivity index (χ2n) is 5.29. The summed E-state index contributed by atoms with van der Waals surface area (Å²) in [6.07, 6.45) is 1.74. The minimum atomic E-state index is -0.192. The monoisotopic (exact) mass is 295 g/mol. The molecule has 3 rings (SSSR count). The number of H-pyrrole nitrogens is 1. The van der Waals surface area contributed by atoms with Gasteiger partial charge in [0.15, 0.2) is 0 Å². The predicted octanol–water partition coefficient (Wildman–Crippen LogP) is 3.44. The topological polar surface area (TPSA) is 67.0 Å². The molecule has 1 heterocycles. The quantitative estimate of drug-likeness (QED) is 0.777. The number of methoxy groups -OCH3 is 1. The Morgan fingerprint density at radius 1 is 1.23 bits per heavy atom. The fraction of sp³-hybridized carbons (Fsp3) is 0.176. The van der Waals surface area contributed by atoms with E-state index in [2.05, 4.69) is 15.5 Å². The molecule has 3 aromatic rings. The second-order valence-corrected chi connectivity index (χ2v) is 5.29. The molecule has 5 heteroatoms. The molecule has 112 valence electrons. The van der Waals surface area contributed by atoms with E-state index < -0.39 is 0 Å². The van der Waals surface area contributed by atoms with E-state index in [9.17, 15) is 4.79 Å². The summed E-state index contributed by atoms with van der Waals surface area (Å²) in [5.74, 6) is 0.410. The Balaban J connectivity index is 1.94. The summed E-state index contributed by atoms with van der Waals surface area (Å²) in [7, 11) is 1.57. The van der Waals surface area contributed by atoms with Crippen molar-refractivity contribution in [2.24, 2.45) is 0 Å². The first-order valence-corrected chi connectivity index (χ1v) is 6.98. The van der Waals surface area contributed by atoms with E-state index in [-0.39, 0.29) is 5.91 Å². The highest BCUT2D eigenvalue weighted by Crippen LogP contribution is 2.26. The van der Waals surface area contributed by atoms with Crippen molar-refractivity contribution in [2.75, 3.05) is 12.4 Å². The van der Waals surface area contributed by atoms with Crippen molar-refractivity contribution in [3.8, 4) is 5.75 Å². The van der Waals surface area contributed by atoms with E-state index in [0.717, 1.165) is 22.0 Å². The average molecular weight is 295 g/mol. The number of fused-ring (bicyclic) bond motifs is 1. The minimum absolute atomic E-state index is 0.192. The number of nitrogens with zero attached hydrogens (tertiary/aromatic N) is 1. The van der Waals surface area contributed by atoms with Crippen LogP contribution in [0.3, 0.4) is 0 Å². The van der Waals surface area contributed by atoms with Gasteiger partial charge in [0.2, 0.25) is 0 Å². The highest BCUT2D eigenvalue weighted by atomic mass is 16.5. The van der Waals surface area contributed by atoms with Gasteiger partial charge in [-0.25, -0.2) is 0 Å². The smallest absolute Gasteiger partial charge is 0.259 e. The van der Waals surface area contributed by atoms with Gasteiger partial charge in [0, 0.05) is 11.1 Å². The molecule has 0 saturated heterocycles. The molecular weight excluding hydrogens is 278 g/mol. The molecule has 0 aliphatic rings. The van der Waals surface area contributed by atoms with Gasteiger partial charge in [0.25, 0.3) is 5.91 Å². The highest BCUT2D eigenvalue weighted by molar-refractivity contribution is 6.07. The number of ether oxygens (including phenoxy) is 1. The zero-order valence-electron chi connectivity index (χ0n) is 12.7. The zero-order valence-corrected chi connectivity index (χ0v) is 12.7. The molecule has 5 nitrogen and oxygen atoms in total. The molecule has 1 aromatic heterocycles. The van der Waals surface area contributed by atoms with Gasteiger partial charge >= 0.3 is 0 Å². The van der Waals surface area contributed by atoms with Crippen molar-refractivity contribution in [2.45, 2.75) is 13.8 Å². The van der Waals surface area contributed by atoms with Crippen molar-refractivity contribution in [3.63, 3.8) is 0 Å². The van der Waals surface area contributed by atoms with Gasteiger partial charge < -0.3 is 10.1 Å². The first kappa shape index (κ1) is 14.1. The SMILES string of the molecule is COc1c(C)cc(C)cc1C(=O)Nc1ccc2cn[nH]c2c1. The fourth-order valence-corrected chi connectivity index (χ4v) is 2.61. The molecular formula is C17H17N3O2. The maximum atomic E-state index is 12.6. The number of hydrogen-bond donors (Lipinski definition) is 2. The van der Waals surface area contributed by atoms with Crippen molar-refractivity contribution in [1.29, 1.82) is 0 Å². The van der Waals surface area contributed by atoms with E-state index in [0.29, 0.717) is 17.0 Å². The van der Waals surface area contributed by atoms with E-state index in [1.54, 1.807) is 13.3 Å². The third kappa shape index (κ3) is 2.53. The Hall–Kier alpha value is -2.82. The summed E-state index contributed by atoms with van der Waals surface area (Å²) in [6.45, 7) is 3.89. The minimum Gasteiger partial charge on any atom is -0.496 e. The molecule has 0 unspecified atom stereocenters. The van der Waals surface area contributed by atoms with Crippen LogP contribution in [0, 0.1) is 13.8 Å². The molecule has 2 N–H and O–H groups in total. The summed E-state index contributed by atoms with van der Waals surface area (Å²) < 4.78 is 5.37. The average Bonchev–Trinajstić information content (AvgIpc) is 2.94. The van der Waals surface area contributed by atoms with Gasteiger partial charge in [-0.15, -0.1) is 0 Å². The lowest BCUT2D eigenvalue weighted by molar-refractivity contribution is 0.102. The van der Waals surface area contributed by atoms with Crippen LogP contribution < -0.4 is 10.1 Å². The summed E-state index contributed by atoms with van der Waals surface area (Å²) in [5, 5.41) is 10.8. The lowest BCUT2D eigenvalue weighted by atomic mass is 10.0. The highest BCUT2D eigenvalue weighted by Gasteiger charge is 2.15. The van der Waals surface area contributed by atoms with Gasteiger partial charge in [-0.3, -0.25) is 9.89 Å². The number of rotatable bonds is 3. The number of anilines is 1. The van der Waals surface area contributed by atoms with Gasteiger partial charge in [-0.05, 0) is 49.2 Å². The van der Waals surface area contributed by atoms with E-state index in [4.69, 9.17) is 4.74 Å². The molecule has 0 atom stereocenters. The number of benzene rings is 2. The molecule has 0 aliphatic carbocycles. The zero-order chi connectivity index (χ0) is 15.7. The number of carbonyl (C=O) groups is 1. The Kier molecular flexibility index (Phi) is 3.55. The van der Waals surface area contributed by atoms with Gasteiger partial charge in [-0.1, -0.05) is 6.07 Å². The predicted molar refractivity (Wildman–Crippen MR) is 86.5 cm³/mol. The molecule has 0 bridgehead atoms. The van der Waals surface area contributed by atoms with Crippen LogP contribution in [-0.4, -0.2) is 23.2 Å². The Labute approximate surface area is 128 Å². The molecule has 1 amide bonds. The van der Waals surface area contributed by atoms with E-state index in [1.807, 2.05) is 44.2 Å². The second kappa shape index (κ2) is 5.52. The van der Waals surface area contributed by atoms with Crippen molar-refractivity contribution < 1.29 is 9.53 Å². The third-order valence-electron chi connectivity index (χ3n) is 3.57. The van der Waals surface area contributed by atoms with Crippen LogP contribution in [0.1, 0.15) is 21.5 Å². The number of aromatic amines is 1. The number of hydrogen-bond acceptors (Lipinski definition) is 3. The number of aryl methyl sites for hydroxylation is 2. The summed E-state index contributed by atoms with van der Waals surface area (Å²) in [6, 6.07) is 9.44. The number of carbonyl (C=O) groups excluding carboxylic acids is 1. The largest absolute Gasteiger partial charge is 0.496 e. The molecule has 2 aromatic carbocycles. The maximum Gasteiger partial charge on any atom is 0.259 e. The summed E-state index contributed by atoms with van der Waals surface area (Å²) in [4.78, 5) is 12.6. The first-order chi connectivity index (χ1) is 10.6. The van der Waals surface area contributed by atoms with Crippen LogP contribution in [0.5, 0.6) is 5.75 Å². The number of aromatic nitrogens is 2. The molecule has 0 radical (unpaired) electrons. The van der Waals surface area contributed by atoms with Crippen LogP contribution in [0.25, 0.3) is 10.9 Å². The molecule has 22 heavy (non-hydrogen) atoms. The van der Waals surface area contributed by atoms with E-state index >= 15 is 0 Å². The van der Waals surface area contributed by atoms with Crippen molar-refractivity contribution in [3.05, 3.63) is 53.2 Å².